The molecule has 1 heterocycles. The number of halogens is 2. The lowest BCUT2D eigenvalue weighted by Gasteiger charge is -2.16. The van der Waals surface area contributed by atoms with Gasteiger partial charge < -0.3 is 19.5 Å². The van der Waals surface area contributed by atoms with Crippen molar-refractivity contribution in [1.29, 1.82) is 0 Å². The number of hydrogen-bond donors (Lipinski definition) is 1. The van der Waals surface area contributed by atoms with Gasteiger partial charge in [-0.2, -0.15) is 0 Å². The molecule has 0 saturated heterocycles. The van der Waals surface area contributed by atoms with Gasteiger partial charge in [0.15, 0.2) is 17.6 Å². The van der Waals surface area contributed by atoms with Crippen molar-refractivity contribution in [3.05, 3.63) is 45.3 Å². The monoisotopic (exact) mass is 441 g/mol. The molecule has 0 aliphatic carbocycles. The predicted octanol–water partition coefficient (Wildman–Crippen LogP) is 4.35. The Morgan fingerprint density at radius 2 is 1.96 bits per heavy atom. The number of amides is 1. The number of anilines is 1. The lowest BCUT2D eigenvalue weighted by Crippen LogP contribution is -2.30. The topological polar surface area (TPSA) is 56.8 Å². The molecule has 3 rings (SSSR count). The Kier molecular flexibility index (Phi) is 4.77. The summed E-state index contributed by atoms with van der Waals surface area (Å²) in [6.07, 6.45) is -0.655. The Morgan fingerprint density at radius 1 is 1.17 bits per heavy atom. The normalized spacial score (nSPS) is 13.5. The van der Waals surface area contributed by atoms with Crippen molar-refractivity contribution in [2.45, 2.75) is 13.0 Å². The molecule has 23 heavy (non-hydrogen) atoms. The molecule has 1 aliphatic heterocycles. The molecule has 1 amide bonds. The standard InChI is InChI=1S/C16H13Br2NO4/c1-9(23-13-4-2-10(17)6-12(13)18)16(20)19-11-3-5-14-15(7-11)22-8-21-14/h2-7,9H,8H2,1H3,(H,19,20)/t9-/m0/s1. The SMILES string of the molecule is C[C@H](Oc1ccc(Br)cc1Br)C(=O)Nc1ccc2c(c1)OCO2. The number of nitrogens with one attached hydrogen (secondary N) is 1. The molecule has 2 aromatic rings. The first-order chi connectivity index (χ1) is 11.0. The van der Waals surface area contributed by atoms with E-state index in [1.165, 1.54) is 0 Å². The van der Waals surface area contributed by atoms with E-state index < -0.39 is 6.10 Å². The Labute approximate surface area is 150 Å². The van der Waals surface area contributed by atoms with Crippen molar-refractivity contribution in [2.75, 3.05) is 12.1 Å². The number of fused-ring (bicyclic) bond motifs is 1. The van der Waals surface area contributed by atoms with Crippen molar-refractivity contribution in [3.8, 4) is 17.2 Å². The molecule has 0 radical (unpaired) electrons. The van der Waals surface area contributed by atoms with Gasteiger partial charge in [-0.25, -0.2) is 0 Å². The highest BCUT2D eigenvalue weighted by atomic mass is 79.9. The Morgan fingerprint density at radius 3 is 2.74 bits per heavy atom. The van der Waals surface area contributed by atoms with Crippen LogP contribution >= 0.6 is 31.9 Å². The van der Waals surface area contributed by atoms with E-state index in [1.54, 1.807) is 31.2 Å². The summed E-state index contributed by atoms with van der Waals surface area (Å²) in [5.41, 5.74) is 0.629. The number of carbonyl (C=O) groups excluding carboxylic acids is 1. The molecule has 1 aliphatic rings. The van der Waals surface area contributed by atoms with Gasteiger partial charge >= 0.3 is 0 Å². The van der Waals surface area contributed by atoms with Crippen LogP contribution in [0.15, 0.2) is 45.3 Å². The highest BCUT2D eigenvalue weighted by molar-refractivity contribution is 9.11. The van der Waals surface area contributed by atoms with E-state index in [2.05, 4.69) is 37.2 Å². The van der Waals surface area contributed by atoms with Crippen LogP contribution in [0.2, 0.25) is 0 Å². The van der Waals surface area contributed by atoms with Crippen molar-refractivity contribution < 1.29 is 19.0 Å². The zero-order chi connectivity index (χ0) is 16.4. The molecule has 0 saturated carbocycles. The number of carbonyl (C=O) groups is 1. The van der Waals surface area contributed by atoms with Crippen molar-refractivity contribution in [2.24, 2.45) is 0 Å². The minimum absolute atomic E-state index is 0.198. The van der Waals surface area contributed by atoms with Gasteiger partial charge in [0.05, 0.1) is 4.47 Å². The first kappa shape index (κ1) is 16.1. The summed E-state index contributed by atoms with van der Waals surface area (Å²) in [4.78, 5) is 12.3. The molecule has 0 spiro atoms. The van der Waals surface area contributed by atoms with Gasteiger partial charge in [-0.15, -0.1) is 0 Å². The van der Waals surface area contributed by atoms with Gasteiger partial charge in [0.1, 0.15) is 5.75 Å². The van der Waals surface area contributed by atoms with Crippen LogP contribution < -0.4 is 19.5 Å². The van der Waals surface area contributed by atoms with Crippen LogP contribution in [0.1, 0.15) is 6.92 Å². The highest BCUT2D eigenvalue weighted by Crippen LogP contribution is 2.34. The minimum atomic E-state index is -0.655. The van der Waals surface area contributed by atoms with Gasteiger partial charge in [-0.3, -0.25) is 4.79 Å². The average molecular weight is 443 g/mol. The maximum absolute atomic E-state index is 12.3. The van der Waals surface area contributed by atoms with E-state index in [-0.39, 0.29) is 12.7 Å². The number of hydrogen-bond acceptors (Lipinski definition) is 4. The molecule has 120 valence electrons. The number of ether oxygens (including phenoxy) is 3. The van der Waals surface area contributed by atoms with Gasteiger partial charge in [-0.1, -0.05) is 15.9 Å². The Bertz CT molecular complexity index is 751. The second-order valence-corrected chi connectivity index (χ2v) is 6.66. The van der Waals surface area contributed by atoms with E-state index in [0.717, 1.165) is 8.95 Å². The number of benzene rings is 2. The third kappa shape index (κ3) is 3.79. The fraction of sp³-hybridized carbons (Fsp3) is 0.188. The first-order valence-electron chi connectivity index (χ1n) is 6.85. The molecule has 5 nitrogen and oxygen atoms in total. The van der Waals surface area contributed by atoms with E-state index in [9.17, 15) is 4.79 Å². The van der Waals surface area contributed by atoms with Crippen LogP contribution in [0.3, 0.4) is 0 Å². The maximum Gasteiger partial charge on any atom is 0.265 e. The summed E-state index contributed by atoms with van der Waals surface area (Å²) in [6, 6.07) is 10.7. The summed E-state index contributed by atoms with van der Waals surface area (Å²) in [5.74, 6) is 1.64. The molecular formula is C16H13Br2NO4. The van der Waals surface area contributed by atoms with E-state index in [4.69, 9.17) is 14.2 Å². The van der Waals surface area contributed by atoms with E-state index >= 15 is 0 Å². The lowest BCUT2D eigenvalue weighted by molar-refractivity contribution is -0.122. The lowest BCUT2D eigenvalue weighted by atomic mass is 10.2. The third-order valence-electron chi connectivity index (χ3n) is 3.21. The molecule has 1 atom stereocenters. The highest BCUT2D eigenvalue weighted by Gasteiger charge is 2.18. The van der Waals surface area contributed by atoms with Gasteiger partial charge in [0, 0.05) is 16.2 Å². The van der Waals surface area contributed by atoms with Gasteiger partial charge in [0.25, 0.3) is 5.91 Å². The molecule has 2 aromatic carbocycles. The number of rotatable bonds is 4. The van der Waals surface area contributed by atoms with E-state index in [0.29, 0.717) is 22.9 Å². The van der Waals surface area contributed by atoms with E-state index in [1.807, 2.05) is 12.1 Å². The fourth-order valence-electron chi connectivity index (χ4n) is 2.03. The molecule has 0 aromatic heterocycles. The summed E-state index contributed by atoms with van der Waals surface area (Å²) in [6.45, 7) is 1.89. The maximum atomic E-state index is 12.3. The molecule has 1 N–H and O–H groups in total. The van der Waals surface area contributed by atoms with Gasteiger partial charge in [-0.05, 0) is 53.2 Å². The second kappa shape index (κ2) is 6.80. The van der Waals surface area contributed by atoms with Crippen LogP contribution in [0.25, 0.3) is 0 Å². The molecule has 0 unspecified atom stereocenters. The summed E-state index contributed by atoms with van der Waals surface area (Å²) in [5, 5.41) is 2.80. The zero-order valence-corrected chi connectivity index (χ0v) is 15.3. The van der Waals surface area contributed by atoms with Crippen LogP contribution in [-0.4, -0.2) is 18.8 Å². The summed E-state index contributed by atoms with van der Waals surface area (Å²) in [7, 11) is 0. The van der Waals surface area contributed by atoms with Crippen molar-refractivity contribution in [3.63, 3.8) is 0 Å². The average Bonchev–Trinajstić information content (AvgIpc) is 2.97. The van der Waals surface area contributed by atoms with Crippen LogP contribution in [-0.2, 0) is 4.79 Å². The van der Waals surface area contributed by atoms with Gasteiger partial charge in [0.2, 0.25) is 6.79 Å². The fourth-order valence-corrected chi connectivity index (χ4v) is 3.17. The first-order valence-corrected chi connectivity index (χ1v) is 8.44. The zero-order valence-electron chi connectivity index (χ0n) is 12.1. The molecule has 0 bridgehead atoms. The summed E-state index contributed by atoms with van der Waals surface area (Å²) >= 11 is 6.78. The Hall–Kier alpha value is -1.73. The minimum Gasteiger partial charge on any atom is -0.480 e. The smallest absolute Gasteiger partial charge is 0.265 e. The third-order valence-corrected chi connectivity index (χ3v) is 4.32. The predicted molar refractivity (Wildman–Crippen MR) is 93.1 cm³/mol. The molecule has 7 heteroatoms. The van der Waals surface area contributed by atoms with Crippen LogP contribution in [0, 0.1) is 0 Å². The van der Waals surface area contributed by atoms with Crippen molar-refractivity contribution in [1.82, 2.24) is 0 Å². The summed E-state index contributed by atoms with van der Waals surface area (Å²) < 4.78 is 17.9. The second-order valence-electron chi connectivity index (χ2n) is 4.89. The van der Waals surface area contributed by atoms with Crippen LogP contribution in [0.4, 0.5) is 5.69 Å². The molecule has 0 fully saturated rings. The quantitative estimate of drug-likeness (QED) is 0.764. The Balaban J connectivity index is 1.65. The van der Waals surface area contributed by atoms with Crippen LogP contribution in [0.5, 0.6) is 17.2 Å². The van der Waals surface area contributed by atoms with Crippen molar-refractivity contribution >= 4 is 43.5 Å². The largest absolute Gasteiger partial charge is 0.480 e. The molecular weight excluding hydrogens is 430 g/mol.